The van der Waals surface area contributed by atoms with Gasteiger partial charge in [-0.3, -0.25) is 23.9 Å². The maximum Gasteiger partial charge on any atom is 0.328 e. The number of aromatic nitrogens is 2. The molecule has 1 aromatic rings. The number of aliphatic hydroxyl groups is 2. The SMILES string of the molecule is Cc1cn([C@H]2CN(C(=O)CCCC(=O)O)C[C@H](O)C[C@]2(C)O)c(=O)[nH]c1=O. The molecule has 0 spiro atoms. The highest BCUT2D eigenvalue weighted by Crippen LogP contribution is 2.31. The molecule has 3 atom stereocenters. The average molecular weight is 383 g/mol. The van der Waals surface area contributed by atoms with Crippen LogP contribution in [-0.4, -0.2) is 66.4 Å². The molecule has 1 aliphatic heterocycles. The van der Waals surface area contributed by atoms with E-state index in [0.717, 1.165) is 0 Å². The minimum atomic E-state index is -1.51. The largest absolute Gasteiger partial charge is 0.481 e. The van der Waals surface area contributed by atoms with Crippen LogP contribution in [0.5, 0.6) is 0 Å². The maximum atomic E-state index is 12.5. The number of carbonyl (C=O) groups excluding carboxylic acids is 1. The minimum absolute atomic E-state index is 0.0204. The minimum Gasteiger partial charge on any atom is -0.481 e. The molecule has 10 nitrogen and oxygen atoms in total. The van der Waals surface area contributed by atoms with Crippen molar-refractivity contribution in [2.75, 3.05) is 13.1 Å². The second kappa shape index (κ2) is 8.05. The summed E-state index contributed by atoms with van der Waals surface area (Å²) in [6, 6.07) is -0.888. The van der Waals surface area contributed by atoms with Crippen LogP contribution >= 0.6 is 0 Å². The molecule has 1 aliphatic rings. The predicted molar refractivity (Wildman–Crippen MR) is 94.4 cm³/mol. The zero-order valence-corrected chi connectivity index (χ0v) is 15.3. The van der Waals surface area contributed by atoms with Gasteiger partial charge in [-0.05, 0) is 20.3 Å². The molecule has 4 N–H and O–H groups in total. The lowest BCUT2D eigenvalue weighted by atomic mass is 9.91. The van der Waals surface area contributed by atoms with Gasteiger partial charge in [0.25, 0.3) is 5.56 Å². The normalized spacial score (nSPS) is 25.9. The van der Waals surface area contributed by atoms with Crippen LogP contribution in [0.4, 0.5) is 0 Å². The fourth-order valence-electron chi connectivity index (χ4n) is 3.37. The molecule has 2 heterocycles. The maximum absolute atomic E-state index is 12.5. The molecule has 1 fully saturated rings. The molecule has 0 unspecified atom stereocenters. The number of rotatable bonds is 5. The van der Waals surface area contributed by atoms with Crippen molar-refractivity contribution in [2.45, 2.75) is 57.3 Å². The van der Waals surface area contributed by atoms with Crippen LogP contribution in [0.3, 0.4) is 0 Å². The van der Waals surface area contributed by atoms with E-state index in [-0.39, 0.29) is 50.2 Å². The zero-order chi connectivity index (χ0) is 20.4. The van der Waals surface area contributed by atoms with Crippen LogP contribution in [-0.2, 0) is 9.59 Å². The molecule has 0 aliphatic carbocycles. The molecule has 150 valence electrons. The number of nitrogens with zero attached hydrogens (tertiary/aromatic N) is 2. The molecule has 0 bridgehead atoms. The summed E-state index contributed by atoms with van der Waals surface area (Å²) < 4.78 is 1.17. The van der Waals surface area contributed by atoms with Gasteiger partial charge in [0.2, 0.25) is 5.91 Å². The lowest BCUT2D eigenvalue weighted by Gasteiger charge is -2.34. The summed E-state index contributed by atoms with van der Waals surface area (Å²) in [7, 11) is 0. The van der Waals surface area contributed by atoms with Crippen molar-refractivity contribution in [2.24, 2.45) is 0 Å². The average Bonchev–Trinajstić information content (AvgIpc) is 2.65. The Kier molecular flexibility index (Phi) is 6.22. The number of H-pyrrole nitrogens is 1. The topological polar surface area (TPSA) is 153 Å². The summed E-state index contributed by atoms with van der Waals surface area (Å²) in [5.74, 6) is -1.37. The number of aromatic amines is 1. The van der Waals surface area contributed by atoms with Gasteiger partial charge in [-0.1, -0.05) is 0 Å². The molecule has 1 saturated heterocycles. The second-order valence-corrected chi connectivity index (χ2v) is 7.26. The van der Waals surface area contributed by atoms with E-state index >= 15 is 0 Å². The molecular weight excluding hydrogens is 358 g/mol. The Hall–Kier alpha value is -2.46. The number of likely N-dealkylation sites (tertiary alicyclic amines) is 1. The number of carbonyl (C=O) groups is 2. The van der Waals surface area contributed by atoms with Crippen LogP contribution in [0.15, 0.2) is 15.8 Å². The Morgan fingerprint density at radius 3 is 2.59 bits per heavy atom. The summed E-state index contributed by atoms with van der Waals surface area (Å²) in [5.41, 5.74) is -2.49. The number of nitrogens with one attached hydrogen (secondary N) is 1. The number of amides is 1. The van der Waals surface area contributed by atoms with E-state index in [0.29, 0.717) is 0 Å². The standard InChI is InChI=1S/C17H25N3O7/c1-10-7-20(16(26)18-15(10)25)12-9-19(8-11(21)6-17(12,2)27)13(22)4-3-5-14(23)24/h7,11-12,21,27H,3-6,8-9H2,1-2H3,(H,23,24)(H,18,25,26)/t11-,12+,17+/m1/s1. The second-order valence-electron chi connectivity index (χ2n) is 7.26. The highest BCUT2D eigenvalue weighted by atomic mass is 16.4. The first-order chi connectivity index (χ1) is 12.5. The Balaban J connectivity index is 2.33. The van der Waals surface area contributed by atoms with Crippen LogP contribution in [0.25, 0.3) is 0 Å². The van der Waals surface area contributed by atoms with E-state index in [2.05, 4.69) is 4.98 Å². The van der Waals surface area contributed by atoms with E-state index in [1.807, 2.05) is 0 Å². The van der Waals surface area contributed by atoms with Crippen molar-refractivity contribution in [3.8, 4) is 0 Å². The summed E-state index contributed by atoms with van der Waals surface area (Å²) in [4.78, 5) is 50.5. The van der Waals surface area contributed by atoms with Gasteiger partial charge in [0.05, 0.1) is 17.7 Å². The summed E-state index contributed by atoms with van der Waals surface area (Å²) in [5, 5.41) is 29.7. The van der Waals surface area contributed by atoms with Gasteiger partial charge in [0, 0.05) is 44.1 Å². The van der Waals surface area contributed by atoms with Crippen LogP contribution < -0.4 is 11.2 Å². The summed E-state index contributed by atoms with van der Waals surface area (Å²) >= 11 is 0. The Bertz CT molecular complexity index is 827. The monoisotopic (exact) mass is 383 g/mol. The van der Waals surface area contributed by atoms with Gasteiger partial charge in [0.15, 0.2) is 0 Å². The molecular formula is C17H25N3O7. The van der Waals surface area contributed by atoms with Gasteiger partial charge in [0.1, 0.15) is 0 Å². The highest BCUT2D eigenvalue weighted by Gasteiger charge is 2.41. The van der Waals surface area contributed by atoms with Gasteiger partial charge in [-0.25, -0.2) is 4.79 Å². The number of β-amino-alcohol motifs (C(OH)–C–C–N with tert-alkyl or cyclic N) is 1. The van der Waals surface area contributed by atoms with Gasteiger partial charge in [-0.2, -0.15) is 0 Å². The number of hydrogen-bond acceptors (Lipinski definition) is 6. The Labute approximate surface area is 155 Å². The van der Waals surface area contributed by atoms with Crippen molar-refractivity contribution >= 4 is 11.9 Å². The Morgan fingerprint density at radius 2 is 1.96 bits per heavy atom. The molecule has 0 aromatic carbocycles. The third-order valence-electron chi connectivity index (χ3n) is 4.81. The van der Waals surface area contributed by atoms with E-state index in [4.69, 9.17) is 5.11 Å². The highest BCUT2D eigenvalue weighted by molar-refractivity contribution is 5.77. The van der Waals surface area contributed by atoms with E-state index < -0.39 is 35.0 Å². The van der Waals surface area contributed by atoms with Crippen LogP contribution in [0.2, 0.25) is 0 Å². The van der Waals surface area contributed by atoms with Crippen molar-refractivity contribution in [1.29, 1.82) is 0 Å². The smallest absolute Gasteiger partial charge is 0.328 e. The van der Waals surface area contributed by atoms with Gasteiger partial charge >= 0.3 is 11.7 Å². The van der Waals surface area contributed by atoms with Crippen molar-refractivity contribution in [3.63, 3.8) is 0 Å². The Morgan fingerprint density at radius 1 is 1.30 bits per heavy atom. The molecule has 1 amide bonds. The molecule has 27 heavy (non-hydrogen) atoms. The third-order valence-corrected chi connectivity index (χ3v) is 4.81. The fourth-order valence-corrected chi connectivity index (χ4v) is 3.37. The third kappa shape index (κ3) is 5.04. The van der Waals surface area contributed by atoms with Crippen LogP contribution in [0.1, 0.15) is 44.2 Å². The quantitative estimate of drug-likeness (QED) is 0.508. The molecule has 0 radical (unpaired) electrons. The molecule has 2 rings (SSSR count). The number of hydrogen-bond donors (Lipinski definition) is 4. The number of aryl methyl sites for hydroxylation is 1. The summed E-state index contributed by atoms with van der Waals surface area (Å²) in [6.45, 7) is 2.90. The molecule has 0 saturated carbocycles. The number of carboxylic acids is 1. The molecule has 10 heteroatoms. The first-order valence-corrected chi connectivity index (χ1v) is 8.73. The number of aliphatic carboxylic acids is 1. The molecule has 1 aromatic heterocycles. The zero-order valence-electron chi connectivity index (χ0n) is 15.3. The van der Waals surface area contributed by atoms with E-state index in [9.17, 15) is 29.4 Å². The lowest BCUT2D eigenvalue weighted by Crippen LogP contribution is -2.47. The predicted octanol–water partition coefficient (Wildman–Crippen LogP) is -1.01. The van der Waals surface area contributed by atoms with Crippen molar-refractivity contribution in [3.05, 3.63) is 32.6 Å². The van der Waals surface area contributed by atoms with Crippen molar-refractivity contribution in [1.82, 2.24) is 14.5 Å². The van der Waals surface area contributed by atoms with E-state index in [1.54, 1.807) is 0 Å². The summed E-state index contributed by atoms with van der Waals surface area (Å²) in [6.07, 6.45) is 0.231. The number of carboxylic acid groups (broad SMARTS) is 1. The van der Waals surface area contributed by atoms with Gasteiger partial charge in [-0.15, -0.1) is 0 Å². The lowest BCUT2D eigenvalue weighted by molar-refractivity contribution is -0.137. The van der Waals surface area contributed by atoms with E-state index in [1.165, 1.54) is 29.5 Å². The van der Waals surface area contributed by atoms with Crippen LogP contribution in [0, 0.1) is 6.92 Å². The first kappa shape index (κ1) is 20.8. The van der Waals surface area contributed by atoms with Crippen molar-refractivity contribution < 1.29 is 24.9 Å². The van der Waals surface area contributed by atoms with Gasteiger partial charge < -0.3 is 20.2 Å². The first-order valence-electron chi connectivity index (χ1n) is 8.73. The fraction of sp³-hybridized carbons (Fsp3) is 0.647. The number of aliphatic hydroxyl groups excluding tert-OH is 1.